The van der Waals surface area contributed by atoms with Gasteiger partial charge in [-0.3, -0.25) is 9.55 Å². The number of hydrogen-bond acceptors (Lipinski definition) is 5. The smallest absolute Gasteiger partial charge is 0.446 e. The highest BCUT2D eigenvalue weighted by molar-refractivity contribution is 8.00. The number of rotatable bonds is 5. The number of imidazole rings is 1. The van der Waals surface area contributed by atoms with Gasteiger partial charge in [-0.1, -0.05) is 18.2 Å². The standard InChI is InChI=1S/C21H17F3N4O2S/c1-25-18-10-26-17-5-3-2-4-15(17)16(18)11-27-12-19(29)28(20(27)30)13-6-8-14(9-7-13)31-21(22,23)24/h2-10,12,25,29H,11H2,1H3. The lowest BCUT2D eigenvalue weighted by molar-refractivity contribution is -0.0328. The molecule has 0 aliphatic carbocycles. The van der Waals surface area contributed by atoms with Gasteiger partial charge in [0.2, 0.25) is 5.88 Å². The molecule has 4 aromatic rings. The number of thioether (sulfide) groups is 1. The van der Waals surface area contributed by atoms with Gasteiger partial charge in [0, 0.05) is 22.9 Å². The molecule has 160 valence electrons. The van der Waals surface area contributed by atoms with Crippen molar-refractivity contribution in [2.75, 3.05) is 12.4 Å². The fourth-order valence-electron chi connectivity index (χ4n) is 3.39. The summed E-state index contributed by atoms with van der Waals surface area (Å²) < 4.78 is 40.0. The minimum atomic E-state index is -4.40. The number of pyridine rings is 1. The second kappa shape index (κ2) is 8.03. The van der Waals surface area contributed by atoms with E-state index >= 15 is 0 Å². The number of halogens is 3. The fourth-order valence-corrected chi connectivity index (χ4v) is 3.93. The number of nitrogens with zero attached hydrogens (tertiary/aromatic N) is 3. The Morgan fingerprint density at radius 3 is 2.52 bits per heavy atom. The molecule has 2 aromatic carbocycles. The van der Waals surface area contributed by atoms with Crippen molar-refractivity contribution in [2.45, 2.75) is 16.9 Å². The van der Waals surface area contributed by atoms with Crippen molar-refractivity contribution in [2.24, 2.45) is 0 Å². The van der Waals surface area contributed by atoms with E-state index in [1.54, 1.807) is 13.2 Å². The molecule has 0 amide bonds. The quantitative estimate of drug-likeness (QED) is 0.439. The van der Waals surface area contributed by atoms with E-state index in [4.69, 9.17) is 0 Å². The van der Waals surface area contributed by atoms with Gasteiger partial charge in [-0.2, -0.15) is 13.2 Å². The first-order valence-corrected chi connectivity index (χ1v) is 10.00. The molecule has 0 atom stereocenters. The molecule has 2 aromatic heterocycles. The average Bonchev–Trinajstić information content (AvgIpc) is 3.01. The third-order valence-corrected chi connectivity index (χ3v) is 5.49. The van der Waals surface area contributed by atoms with Crippen molar-refractivity contribution in [3.05, 3.63) is 77.0 Å². The van der Waals surface area contributed by atoms with Crippen LogP contribution >= 0.6 is 11.8 Å². The Balaban J connectivity index is 1.72. The van der Waals surface area contributed by atoms with Gasteiger partial charge >= 0.3 is 11.2 Å². The van der Waals surface area contributed by atoms with Gasteiger partial charge in [0.25, 0.3) is 0 Å². The van der Waals surface area contributed by atoms with E-state index < -0.39 is 11.2 Å². The summed E-state index contributed by atoms with van der Waals surface area (Å²) in [5.74, 6) is -0.314. The number of hydrogen-bond donors (Lipinski definition) is 2. The van der Waals surface area contributed by atoms with Crippen molar-refractivity contribution in [3.8, 4) is 11.6 Å². The maximum atomic E-state index is 13.0. The predicted octanol–water partition coefficient (Wildman–Crippen LogP) is 4.59. The number of para-hydroxylation sites is 1. The summed E-state index contributed by atoms with van der Waals surface area (Å²) in [5, 5.41) is 14.3. The Morgan fingerprint density at radius 2 is 1.84 bits per heavy atom. The first kappa shape index (κ1) is 20.9. The average molecular weight is 446 g/mol. The van der Waals surface area contributed by atoms with Crippen molar-refractivity contribution >= 4 is 28.4 Å². The summed E-state index contributed by atoms with van der Waals surface area (Å²) in [6.45, 7) is 0.167. The number of aromatic nitrogens is 3. The molecule has 0 aliphatic rings. The molecule has 10 heteroatoms. The monoisotopic (exact) mass is 446 g/mol. The normalized spacial score (nSPS) is 11.7. The topological polar surface area (TPSA) is 72.1 Å². The van der Waals surface area contributed by atoms with Crippen molar-refractivity contribution in [1.29, 1.82) is 0 Å². The van der Waals surface area contributed by atoms with Crippen LogP contribution in [0.25, 0.3) is 16.6 Å². The van der Waals surface area contributed by atoms with Gasteiger partial charge in [-0.25, -0.2) is 9.36 Å². The zero-order valence-electron chi connectivity index (χ0n) is 16.2. The highest BCUT2D eigenvalue weighted by Gasteiger charge is 2.29. The Hall–Kier alpha value is -3.40. The van der Waals surface area contributed by atoms with Crippen molar-refractivity contribution in [1.82, 2.24) is 14.1 Å². The van der Waals surface area contributed by atoms with E-state index in [9.17, 15) is 23.1 Å². The van der Waals surface area contributed by atoms with Crippen LogP contribution in [0.2, 0.25) is 0 Å². The minimum Gasteiger partial charge on any atom is -0.493 e. The third kappa shape index (κ3) is 4.24. The largest absolute Gasteiger partial charge is 0.493 e. The fraction of sp³-hybridized carbons (Fsp3) is 0.143. The minimum absolute atomic E-state index is 0.00913. The first-order valence-electron chi connectivity index (χ1n) is 9.18. The van der Waals surface area contributed by atoms with Crippen LogP contribution in [0.5, 0.6) is 5.88 Å². The molecule has 0 bridgehead atoms. The van der Waals surface area contributed by atoms with Crippen LogP contribution < -0.4 is 11.0 Å². The van der Waals surface area contributed by atoms with Crippen LogP contribution in [0.15, 0.2) is 70.6 Å². The third-order valence-electron chi connectivity index (χ3n) is 4.75. The molecular formula is C21H17F3N4O2S. The van der Waals surface area contributed by atoms with E-state index in [1.165, 1.54) is 35.0 Å². The van der Waals surface area contributed by atoms with Crippen LogP contribution in [0.3, 0.4) is 0 Å². The van der Waals surface area contributed by atoms with Gasteiger partial charge in [-0.05, 0) is 42.1 Å². The lowest BCUT2D eigenvalue weighted by atomic mass is 10.1. The molecule has 0 saturated heterocycles. The summed E-state index contributed by atoms with van der Waals surface area (Å²) in [5.41, 5.74) is -2.32. The van der Waals surface area contributed by atoms with E-state index in [1.807, 2.05) is 24.3 Å². The molecule has 0 radical (unpaired) electrons. The second-order valence-corrected chi connectivity index (χ2v) is 7.83. The van der Waals surface area contributed by atoms with Gasteiger partial charge in [-0.15, -0.1) is 0 Å². The van der Waals surface area contributed by atoms with Crippen LogP contribution in [0.4, 0.5) is 18.9 Å². The summed E-state index contributed by atoms with van der Waals surface area (Å²) in [4.78, 5) is 17.4. The van der Waals surface area contributed by atoms with E-state index in [0.717, 1.165) is 26.7 Å². The maximum Gasteiger partial charge on any atom is 0.446 e. The zero-order chi connectivity index (χ0) is 22.2. The molecule has 2 N–H and O–H groups in total. The molecule has 6 nitrogen and oxygen atoms in total. The lowest BCUT2D eigenvalue weighted by Gasteiger charge is -2.12. The second-order valence-electron chi connectivity index (χ2n) is 6.69. The highest BCUT2D eigenvalue weighted by Crippen LogP contribution is 2.37. The number of alkyl halides is 3. The van der Waals surface area contributed by atoms with Crippen LogP contribution in [-0.2, 0) is 6.54 Å². The zero-order valence-corrected chi connectivity index (χ0v) is 17.0. The summed E-state index contributed by atoms with van der Waals surface area (Å²) in [7, 11) is 1.75. The Bertz CT molecular complexity index is 1300. The Labute approximate surface area is 179 Å². The molecule has 0 saturated carbocycles. The molecule has 0 aliphatic heterocycles. The highest BCUT2D eigenvalue weighted by atomic mass is 32.2. The summed E-state index contributed by atoms with van der Waals surface area (Å²) >= 11 is -0.243. The maximum absolute atomic E-state index is 13.0. The first-order chi connectivity index (χ1) is 14.8. The predicted molar refractivity (Wildman–Crippen MR) is 114 cm³/mol. The van der Waals surface area contributed by atoms with Gasteiger partial charge in [0.05, 0.1) is 35.8 Å². The van der Waals surface area contributed by atoms with E-state index in [-0.39, 0.29) is 34.8 Å². The van der Waals surface area contributed by atoms with Crippen molar-refractivity contribution < 1.29 is 18.3 Å². The molecule has 31 heavy (non-hydrogen) atoms. The number of fused-ring (bicyclic) bond motifs is 1. The summed E-state index contributed by atoms with van der Waals surface area (Å²) in [6, 6.07) is 12.7. The van der Waals surface area contributed by atoms with E-state index in [2.05, 4.69) is 10.3 Å². The van der Waals surface area contributed by atoms with Gasteiger partial charge in [0.15, 0.2) is 0 Å². The molecular weight excluding hydrogens is 429 g/mol. The number of aromatic hydroxyl groups is 1. The van der Waals surface area contributed by atoms with Crippen molar-refractivity contribution in [3.63, 3.8) is 0 Å². The Kier molecular flexibility index (Phi) is 5.40. The molecule has 0 unspecified atom stereocenters. The number of nitrogens with one attached hydrogen (secondary N) is 1. The van der Waals surface area contributed by atoms with E-state index in [0.29, 0.717) is 0 Å². The molecule has 2 heterocycles. The summed E-state index contributed by atoms with van der Waals surface area (Å²) in [6.07, 6.45) is 2.98. The van der Waals surface area contributed by atoms with Gasteiger partial charge < -0.3 is 10.4 Å². The lowest BCUT2D eigenvalue weighted by Crippen LogP contribution is -2.24. The van der Waals surface area contributed by atoms with Gasteiger partial charge in [0.1, 0.15) is 0 Å². The SMILES string of the molecule is CNc1cnc2ccccc2c1Cn1cc(O)n(-c2ccc(SC(F)(F)F)cc2)c1=O. The number of anilines is 1. The van der Waals surface area contributed by atoms with Crippen LogP contribution in [0, 0.1) is 0 Å². The molecule has 0 spiro atoms. The molecule has 0 fully saturated rings. The van der Waals surface area contributed by atoms with Crippen LogP contribution in [-0.4, -0.2) is 31.8 Å². The molecule has 4 rings (SSSR count). The number of benzene rings is 2. The van der Waals surface area contributed by atoms with Crippen LogP contribution in [0.1, 0.15) is 5.56 Å². The Morgan fingerprint density at radius 1 is 1.13 bits per heavy atom.